The van der Waals surface area contributed by atoms with Crippen molar-refractivity contribution < 1.29 is 9.59 Å². The molecule has 0 unspecified atom stereocenters. The predicted molar refractivity (Wildman–Crippen MR) is 149 cm³/mol. The summed E-state index contributed by atoms with van der Waals surface area (Å²) in [5.41, 5.74) is 11.6. The molecular weight excluding hydrogens is 494 g/mol. The summed E-state index contributed by atoms with van der Waals surface area (Å²) in [6, 6.07) is 24.6. The van der Waals surface area contributed by atoms with Crippen molar-refractivity contribution in [2.45, 2.75) is 38.6 Å². The van der Waals surface area contributed by atoms with E-state index < -0.39 is 6.03 Å². The van der Waals surface area contributed by atoms with Crippen LogP contribution in [0.3, 0.4) is 0 Å². The van der Waals surface area contributed by atoms with E-state index >= 15 is 0 Å². The van der Waals surface area contributed by atoms with Crippen molar-refractivity contribution in [1.82, 2.24) is 10.3 Å². The Morgan fingerprint density at radius 1 is 1.08 bits per heavy atom. The second-order valence-corrected chi connectivity index (χ2v) is 10.3. The van der Waals surface area contributed by atoms with Gasteiger partial charge in [0.1, 0.15) is 4.88 Å². The second kappa shape index (κ2) is 10.9. The SMILES string of the molecule is Cc1ccc(C2CC2)cc1N(C(N)=O)c1nc(-c2ccc(CC#N)cc2)c(C(=O)NCc2ccccc2)s1. The van der Waals surface area contributed by atoms with Crippen LogP contribution in [0.4, 0.5) is 15.6 Å². The maximum absolute atomic E-state index is 13.4. The minimum Gasteiger partial charge on any atom is -0.351 e. The molecule has 38 heavy (non-hydrogen) atoms. The highest BCUT2D eigenvalue weighted by Crippen LogP contribution is 2.43. The fraction of sp³-hybridized carbons (Fsp3) is 0.200. The van der Waals surface area contributed by atoms with Crippen molar-refractivity contribution >= 4 is 34.1 Å². The Kier molecular flexibility index (Phi) is 7.20. The fourth-order valence-corrected chi connectivity index (χ4v) is 5.36. The molecular formula is C30H27N5O2S. The molecule has 3 amide bonds. The molecule has 0 radical (unpaired) electrons. The molecule has 1 heterocycles. The van der Waals surface area contributed by atoms with Crippen LogP contribution in [0.5, 0.6) is 0 Å². The van der Waals surface area contributed by atoms with E-state index in [1.54, 1.807) is 0 Å². The van der Waals surface area contributed by atoms with Crippen LogP contribution >= 0.6 is 11.3 Å². The zero-order valence-electron chi connectivity index (χ0n) is 21.0. The van der Waals surface area contributed by atoms with E-state index in [0.29, 0.717) is 45.8 Å². The topological polar surface area (TPSA) is 112 Å². The Morgan fingerprint density at radius 2 is 1.82 bits per heavy atom. The summed E-state index contributed by atoms with van der Waals surface area (Å²) in [6.07, 6.45) is 2.56. The van der Waals surface area contributed by atoms with E-state index in [4.69, 9.17) is 16.0 Å². The number of carbonyl (C=O) groups excluding carboxylic acids is 2. The van der Waals surface area contributed by atoms with Gasteiger partial charge in [-0.25, -0.2) is 14.7 Å². The molecule has 1 fully saturated rings. The maximum Gasteiger partial charge on any atom is 0.325 e. The zero-order valence-corrected chi connectivity index (χ0v) is 21.8. The number of primary amides is 1. The minimum atomic E-state index is -0.665. The largest absolute Gasteiger partial charge is 0.351 e. The van der Waals surface area contributed by atoms with Crippen LogP contribution in [0.25, 0.3) is 11.3 Å². The number of hydrogen-bond donors (Lipinski definition) is 2. The van der Waals surface area contributed by atoms with Gasteiger partial charge in [-0.3, -0.25) is 4.79 Å². The third-order valence-electron chi connectivity index (χ3n) is 6.56. The monoisotopic (exact) mass is 521 g/mol. The smallest absolute Gasteiger partial charge is 0.325 e. The lowest BCUT2D eigenvalue weighted by Crippen LogP contribution is -2.32. The Balaban J connectivity index is 1.55. The molecule has 1 aromatic heterocycles. The molecule has 5 rings (SSSR count). The molecule has 0 spiro atoms. The van der Waals surface area contributed by atoms with Crippen molar-refractivity contribution in [3.05, 3.63) is 99.9 Å². The van der Waals surface area contributed by atoms with Crippen molar-refractivity contribution in [1.29, 1.82) is 5.26 Å². The highest BCUT2D eigenvalue weighted by atomic mass is 32.1. The van der Waals surface area contributed by atoms with Crippen molar-refractivity contribution in [3.63, 3.8) is 0 Å². The molecule has 3 N–H and O–H groups in total. The Morgan fingerprint density at radius 3 is 2.47 bits per heavy atom. The molecule has 1 aliphatic rings. The number of aromatic nitrogens is 1. The molecule has 3 aromatic carbocycles. The van der Waals surface area contributed by atoms with E-state index in [9.17, 15) is 9.59 Å². The lowest BCUT2D eigenvalue weighted by Gasteiger charge is -2.20. The average Bonchev–Trinajstić information content (AvgIpc) is 3.69. The van der Waals surface area contributed by atoms with E-state index in [1.807, 2.05) is 73.7 Å². The van der Waals surface area contributed by atoms with Gasteiger partial charge in [0.25, 0.3) is 5.91 Å². The Labute approximate surface area is 225 Å². The standard InChI is InChI=1S/C30H27N5O2S/c1-19-7-10-24(22-13-14-22)17-25(19)35(29(32)37)30-34-26(23-11-8-20(9-12-23)15-16-31)27(38-30)28(36)33-18-21-5-3-2-4-6-21/h2-12,17,22H,13-15,18H2,1H3,(H2,32,37)(H,33,36). The van der Waals surface area contributed by atoms with E-state index in [-0.39, 0.29) is 5.91 Å². The van der Waals surface area contributed by atoms with Gasteiger partial charge in [-0.05, 0) is 54.0 Å². The fourth-order valence-electron chi connectivity index (χ4n) is 4.34. The quantitative estimate of drug-likeness (QED) is 0.287. The summed E-state index contributed by atoms with van der Waals surface area (Å²) in [7, 11) is 0. The van der Waals surface area contributed by atoms with Crippen LogP contribution in [-0.2, 0) is 13.0 Å². The van der Waals surface area contributed by atoms with Gasteiger partial charge >= 0.3 is 6.03 Å². The first-order chi connectivity index (χ1) is 18.4. The second-order valence-electron chi connectivity index (χ2n) is 9.37. The Bertz CT molecular complexity index is 1520. The van der Waals surface area contributed by atoms with Gasteiger partial charge in [0.2, 0.25) is 0 Å². The maximum atomic E-state index is 13.4. The van der Waals surface area contributed by atoms with Crippen LogP contribution < -0.4 is 16.0 Å². The molecule has 0 saturated heterocycles. The first-order valence-electron chi connectivity index (χ1n) is 12.4. The number of aryl methyl sites for hydroxylation is 1. The highest BCUT2D eigenvalue weighted by Gasteiger charge is 2.29. The van der Waals surface area contributed by atoms with Crippen LogP contribution in [0, 0.1) is 18.3 Å². The van der Waals surface area contributed by atoms with Gasteiger partial charge in [0.05, 0.1) is 23.9 Å². The number of carbonyl (C=O) groups is 2. The normalized spacial score (nSPS) is 12.5. The molecule has 1 aliphatic carbocycles. The zero-order chi connectivity index (χ0) is 26.6. The summed E-state index contributed by atoms with van der Waals surface area (Å²) >= 11 is 1.13. The summed E-state index contributed by atoms with van der Waals surface area (Å²) in [4.78, 5) is 32.8. The number of rotatable bonds is 8. The lowest BCUT2D eigenvalue weighted by atomic mass is 10.1. The molecule has 190 valence electrons. The number of amides is 3. The van der Waals surface area contributed by atoms with Gasteiger partial charge in [0, 0.05) is 12.1 Å². The minimum absolute atomic E-state index is 0.290. The van der Waals surface area contributed by atoms with E-state index in [0.717, 1.165) is 40.9 Å². The summed E-state index contributed by atoms with van der Waals surface area (Å²) in [5.74, 6) is 0.212. The summed E-state index contributed by atoms with van der Waals surface area (Å²) < 4.78 is 0. The first kappa shape index (κ1) is 25.2. The number of nitriles is 1. The van der Waals surface area contributed by atoms with Gasteiger partial charge in [-0.15, -0.1) is 0 Å². The summed E-state index contributed by atoms with van der Waals surface area (Å²) in [6.45, 7) is 2.29. The molecule has 8 heteroatoms. The Hall–Kier alpha value is -4.48. The molecule has 4 aromatic rings. The number of nitrogens with two attached hydrogens (primary N) is 1. The van der Waals surface area contributed by atoms with Crippen LogP contribution in [-0.4, -0.2) is 16.9 Å². The molecule has 0 atom stereocenters. The molecule has 1 saturated carbocycles. The highest BCUT2D eigenvalue weighted by molar-refractivity contribution is 7.18. The van der Waals surface area contributed by atoms with Gasteiger partial charge in [-0.2, -0.15) is 5.26 Å². The average molecular weight is 522 g/mol. The van der Waals surface area contributed by atoms with Crippen molar-refractivity contribution in [2.75, 3.05) is 4.90 Å². The lowest BCUT2D eigenvalue weighted by molar-refractivity contribution is 0.0955. The first-order valence-corrected chi connectivity index (χ1v) is 13.3. The summed E-state index contributed by atoms with van der Waals surface area (Å²) in [5, 5.41) is 12.3. The van der Waals surface area contributed by atoms with E-state index in [1.165, 1.54) is 10.5 Å². The number of hydrogen-bond acceptors (Lipinski definition) is 5. The molecule has 7 nitrogen and oxygen atoms in total. The molecule has 0 aliphatic heterocycles. The number of benzene rings is 3. The number of anilines is 2. The third kappa shape index (κ3) is 5.43. The van der Waals surface area contributed by atoms with Crippen molar-refractivity contribution in [3.8, 4) is 17.3 Å². The predicted octanol–water partition coefficient (Wildman–Crippen LogP) is 6.21. The number of nitrogens with one attached hydrogen (secondary N) is 1. The molecule has 0 bridgehead atoms. The third-order valence-corrected chi connectivity index (χ3v) is 7.60. The van der Waals surface area contributed by atoms with Gasteiger partial charge in [-0.1, -0.05) is 78.1 Å². The van der Waals surface area contributed by atoms with Crippen LogP contribution in [0.15, 0.2) is 72.8 Å². The van der Waals surface area contributed by atoms with Crippen molar-refractivity contribution in [2.24, 2.45) is 5.73 Å². The van der Waals surface area contributed by atoms with Crippen LogP contribution in [0.2, 0.25) is 0 Å². The van der Waals surface area contributed by atoms with Gasteiger partial charge < -0.3 is 11.1 Å². The van der Waals surface area contributed by atoms with Gasteiger partial charge in [0.15, 0.2) is 5.13 Å². The van der Waals surface area contributed by atoms with E-state index in [2.05, 4.69) is 17.5 Å². The number of urea groups is 1. The number of nitrogens with zero attached hydrogens (tertiary/aromatic N) is 3. The van der Waals surface area contributed by atoms with Crippen LogP contribution in [0.1, 0.15) is 50.7 Å². The number of thiazole rings is 1.